The summed E-state index contributed by atoms with van der Waals surface area (Å²) in [5.74, 6) is 1.74. The van der Waals surface area contributed by atoms with E-state index in [2.05, 4.69) is 42.0 Å². The standard InChI is InChI=1S/C15H24ClN3/c1-4-17-9-12-8-15(18-10-13(12)16)19-7-5-6-14(19)11(2)3/h8,10-11,14,17H,4-7,9H2,1-3H3. The van der Waals surface area contributed by atoms with E-state index in [-0.39, 0.29) is 0 Å². The van der Waals surface area contributed by atoms with Crippen LogP contribution in [0.2, 0.25) is 5.02 Å². The first-order chi connectivity index (χ1) is 9.13. The van der Waals surface area contributed by atoms with Crippen LogP contribution in [0.1, 0.15) is 39.2 Å². The Morgan fingerprint density at radius 3 is 3.00 bits per heavy atom. The second-order valence-electron chi connectivity index (χ2n) is 5.56. The van der Waals surface area contributed by atoms with Gasteiger partial charge in [-0.25, -0.2) is 4.98 Å². The molecule has 0 aliphatic carbocycles. The van der Waals surface area contributed by atoms with Crippen molar-refractivity contribution in [1.29, 1.82) is 0 Å². The first-order valence-corrected chi connectivity index (χ1v) is 7.63. The highest BCUT2D eigenvalue weighted by Gasteiger charge is 2.28. The van der Waals surface area contributed by atoms with Crippen LogP contribution in [0, 0.1) is 5.92 Å². The molecule has 0 saturated carbocycles. The molecule has 1 atom stereocenters. The molecule has 2 rings (SSSR count). The van der Waals surface area contributed by atoms with Crippen molar-refractivity contribution in [3.05, 3.63) is 22.8 Å². The fraction of sp³-hybridized carbons (Fsp3) is 0.667. The Bertz CT molecular complexity index is 420. The third-order valence-electron chi connectivity index (χ3n) is 3.85. The Labute approximate surface area is 121 Å². The highest BCUT2D eigenvalue weighted by molar-refractivity contribution is 6.31. The van der Waals surface area contributed by atoms with Crippen LogP contribution in [0.5, 0.6) is 0 Å². The molecule has 1 fully saturated rings. The lowest BCUT2D eigenvalue weighted by Gasteiger charge is -2.29. The number of aromatic nitrogens is 1. The Balaban J connectivity index is 2.20. The Morgan fingerprint density at radius 1 is 1.53 bits per heavy atom. The summed E-state index contributed by atoms with van der Waals surface area (Å²) >= 11 is 6.22. The molecule has 106 valence electrons. The zero-order valence-corrected chi connectivity index (χ0v) is 12.9. The van der Waals surface area contributed by atoms with Crippen molar-refractivity contribution in [2.45, 2.75) is 46.2 Å². The van der Waals surface area contributed by atoms with E-state index in [1.54, 1.807) is 6.20 Å². The molecule has 1 aliphatic heterocycles. The summed E-state index contributed by atoms with van der Waals surface area (Å²) in [5.41, 5.74) is 1.14. The Kier molecular flexibility index (Phi) is 5.06. The molecule has 1 saturated heterocycles. The van der Waals surface area contributed by atoms with Crippen LogP contribution in [0.25, 0.3) is 0 Å². The highest BCUT2D eigenvalue weighted by atomic mass is 35.5. The van der Waals surface area contributed by atoms with Crippen molar-refractivity contribution in [3.63, 3.8) is 0 Å². The van der Waals surface area contributed by atoms with Gasteiger partial charge in [0.15, 0.2) is 0 Å². The minimum Gasteiger partial charge on any atom is -0.353 e. The third kappa shape index (κ3) is 3.40. The third-order valence-corrected chi connectivity index (χ3v) is 4.19. The summed E-state index contributed by atoms with van der Waals surface area (Å²) in [5, 5.41) is 4.08. The van der Waals surface area contributed by atoms with Crippen molar-refractivity contribution in [3.8, 4) is 0 Å². The molecule has 1 N–H and O–H groups in total. The summed E-state index contributed by atoms with van der Waals surface area (Å²) in [7, 11) is 0. The van der Waals surface area contributed by atoms with E-state index < -0.39 is 0 Å². The van der Waals surface area contributed by atoms with Crippen LogP contribution in [0.15, 0.2) is 12.3 Å². The number of rotatable bonds is 5. The van der Waals surface area contributed by atoms with Crippen LogP contribution >= 0.6 is 11.6 Å². The van der Waals surface area contributed by atoms with Gasteiger partial charge in [-0.05, 0) is 36.9 Å². The predicted octanol–water partition coefficient (Wildman–Crippen LogP) is 3.47. The van der Waals surface area contributed by atoms with Crippen molar-refractivity contribution in [2.75, 3.05) is 18.0 Å². The van der Waals surface area contributed by atoms with Gasteiger partial charge in [-0.1, -0.05) is 32.4 Å². The number of nitrogens with zero attached hydrogens (tertiary/aromatic N) is 2. The molecule has 0 bridgehead atoms. The Hall–Kier alpha value is -0.800. The smallest absolute Gasteiger partial charge is 0.129 e. The molecular formula is C15H24ClN3. The van der Waals surface area contributed by atoms with Crippen LogP contribution in [-0.2, 0) is 6.54 Å². The van der Waals surface area contributed by atoms with Gasteiger partial charge in [-0.2, -0.15) is 0 Å². The molecule has 1 aliphatic rings. The largest absolute Gasteiger partial charge is 0.353 e. The molecule has 1 aromatic rings. The van der Waals surface area contributed by atoms with Crippen LogP contribution in [0.4, 0.5) is 5.82 Å². The lowest BCUT2D eigenvalue weighted by atomic mass is 10.0. The van der Waals surface area contributed by atoms with Gasteiger partial charge in [0.05, 0.1) is 5.02 Å². The lowest BCUT2D eigenvalue weighted by Crippen LogP contribution is -2.34. The summed E-state index contributed by atoms with van der Waals surface area (Å²) in [6.45, 7) is 9.55. The van der Waals surface area contributed by atoms with Crippen LogP contribution < -0.4 is 10.2 Å². The maximum atomic E-state index is 6.22. The SMILES string of the molecule is CCNCc1cc(N2CCCC2C(C)C)ncc1Cl. The number of hydrogen-bond donors (Lipinski definition) is 1. The molecular weight excluding hydrogens is 258 g/mol. The fourth-order valence-corrected chi connectivity index (χ4v) is 2.96. The number of nitrogens with one attached hydrogen (secondary N) is 1. The maximum Gasteiger partial charge on any atom is 0.129 e. The topological polar surface area (TPSA) is 28.2 Å². The molecule has 1 aromatic heterocycles. The van der Waals surface area contributed by atoms with Gasteiger partial charge >= 0.3 is 0 Å². The molecule has 0 amide bonds. The van der Waals surface area contributed by atoms with Gasteiger partial charge < -0.3 is 10.2 Å². The number of anilines is 1. The predicted molar refractivity (Wildman–Crippen MR) is 81.8 cm³/mol. The summed E-state index contributed by atoms with van der Waals surface area (Å²) in [6, 6.07) is 2.76. The Morgan fingerprint density at radius 2 is 2.32 bits per heavy atom. The van der Waals surface area contributed by atoms with Crippen LogP contribution in [0.3, 0.4) is 0 Å². The van der Waals surface area contributed by atoms with E-state index in [0.717, 1.165) is 36.0 Å². The fourth-order valence-electron chi connectivity index (χ4n) is 2.79. The second kappa shape index (κ2) is 6.58. The van der Waals surface area contributed by atoms with E-state index in [4.69, 9.17) is 11.6 Å². The normalized spacial score (nSPS) is 19.4. The van der Waals surface area contributed by atoms with Crippen LogP contribution in [-0.4, -0.2) is 24.1 Å². The van der Waals surface area contributed by atoms with Crippen molar-refractivity contribution < 1.29 is 0 Å². The minimum atomic E-state index is 0.612. The van der Waals surface area contributed by atoms with Gasteiger partial charge in [-0.3, -0.25) is 0 Å². The lowest BCUT2D eigenvalue weighted by molar-refractivity contribution is 0.489. The second-order valence-corrected chi connectivity index (χ2v) is 5.97. The molecule has 1 unspecified atom stereocenters. The van der Waals surface area contributed by atoms with E-state index >= 15 is 0 Å². The van der Waals surface area contributed by atoms with Gasteiger partial charge in [0, 0.05) is 25.3 Å². The van der Waals surface area contributed by atoms with Gasteiger partial charge in [-0.15, -0.1) is 0 Å². The molecule has 0 spiro atoms. The first-order valence-electron chi connectivity index (χ1n) is 7.25. The number of halogens is 1. The van der Waals surface area contributed by atoms with E-state index in [9.17, 15) is 0 Å². The van der Waals surface area contributed by atoms with Crippen molar-refractivity contribution in [2.24, 2.45) is 5.92 Å². The number of pyridine rings is 1. The summed E-state index contributed by atoms with van der Waals surface area (Å²) in [4.78, 5) is 6.97. The summed E-state index contributed by atoms with van der Waals surface area (Å²) in [6.07, 6.45) is 4.32. The molecule has 3 nitrogen and oxygen atoms in total. The van der Waals surface area contributed by atoms with E-state index in [1.165, 1.54) is 12.8 Å². The average Bonchev–Trinajstić information content (AvgIpc) is 2.87. The monoisotopic (exact) mass is 281 g/mol. The maximum absolute atomic E-state index is 6.22. The molecule has 0 radical (unpaired) electrons. The molecule has 19 heavy (non-hydrogen) atoms. The summed E-state index contributed by atoms with van der Waals surface area (Å²) < 4.78 is 0. The molecule has 4 heteroatoms. The zero-order valence-electron chi connectivity index (χ0n) is 12.1. The minimum absolute atomic E-state index is 0.612. The van der Waals surface area contributed by atoms with E-state index in [1.807, 2.05) is 0 Å². The average molecular weight is 282 g/mol. The van der Waals surface area contributed by atoms with Gasteiger partial charge in [0.25, 0.3) is 0 Å². The first kappa shape index (κ1) is 14.6. The molecule has 0 aromatic carbocycles. The highest BCUT2D eigenvalue weighted by Crippen LogP contribution is 2.30. The number of hydrogen-bond acceptors (Lipinski definition) is 3. The van der Waals surface area contributed by atoms with Gasteiger partial charge in [0.2, 0.25) is 0 Å². The van der Waals surface area contributed by atoms with E-state index in [0.29, 0.717) is 12.0 Å². The zero-order chi connectivity index (χ0) is 13.8. The quantitative estimate of drug-likeness (QED) is 0.896. The molecule has 2 heterocycles. The van der Waals surface area contributed by atoms with Gasteiger partial charge in [0.1, 0.15) is 5.82 Å². The van der Waals surface area contributed by atoms with Crippen molar-refractivity contribution >= 4 is 17.4 Å². The van der Waals surface area contributed by atoms with Crippen molar-refractivity contribution in [1.82, 2.24) is 10.3 Å².